The first-order valence-corrected chi connectivity index (χ1v) is 5.10. The summed E-state index contributed by atoms with van der Waals surface area (Å²) in [5.41, 5.74) is 0. The van der Waals surface area contributed by atoms with Gasteiger partial charge >= 0.3 is 5.97 Å². The van der Waals surface area contributed by atoms with E-state index >= 15 is 0 Å². The Morgan fingerprint density at radius 1 is 1.46 bits per heavy atom. The second kappa shape index (κ2) is 5.85. The fraction of sp³-hybridized carbons (Fsp3) is 0.750. The van der Waals surface area contributed by atoms with Gasteiger partial charge in [-0.25, -0.2) is 4.79 Å². The average molecular weight is 205 g/mol. The van der Waals surface area contributed by atoms with Gasteiger partial charge in [0, 0.05) is 12.7 Å². The minimum Gasteiger partial charge on any atom is -0.480 e. The van der Waals surface area contributed by atoms with Crippen LogP contribution in [0.3, 0.4) is 0 Å². The number of carboxylic acids is 1. The highest BCUT2D eigenvalue weighted by atomic mass is 32.2. The zero-order valence-corrected chi connectivity index (χ0v) is 8.85. The molecule has 0 heterocycles. The van der Waals surface area contributed by atoms with Crippen molar-refractivity contribution in [3.63, 3.8) is 0 Å². The van der Waals surface area contributed by atoms with E-state index in [1.165, 1.54) is 18.7 Å². The van der Waals surface area contributed by atoms with Crippen LogP contribution in [0.4, 0.5) is 0 Å². The molecule has 0 bridgehead atoms. The van der Waals surface area contributed by atoms with Crippen molar-refractivity contribution in [2.45, 2.75) is 32.1 Å². The maximum Gasteiger partial charge on any atom is 0.327 e. The molecule has 0 saturated heterocycles. The largest absolute Gasteiger partial charge is 0.480 e. The normalized spacial score (nSPS) is 12.6. The number of hydrogen-bond donors (Lipinski definition) is 2. The van der Waals surface area contributed by atoms with Crippen molar-refractivity contribution in [3.8, 4) is 0 Å². The lowest BCUT2D eigenvalue weighted by Crippen LogP contribution is -2.41. The highest BCUT2D eigenvalue weighted by molar-refractivity contribution is 7.99. The van der Waals surface area contributed by atoms with E-state index in [-0.39, 0.29) is 5.91 Å². The second-order valence-corrected chi connectivity index (χ2v) is 4.58. The quantitative estimate of drug-likeness (QED) is 0.694. The summed E-state index contributed by atoms with van der Waals surface area (Å²) < 4.78 is 0. The molecule has 0 aliphatic carbocycles. The van der Waals surface area contributed by atoms with Crippen LogP contribution in [-0.4, -0.2) is 34.0 Å². The molecule has 76 valence electrons. The Morgan fingerprint density at radius 2 is 2.00 bits per heavy atom. The van der Waals surface area contributed by atoms with Crippen LogP contribution in [0.1, 0.15) is 20.8 Å². The molecule has 0 radical (unpaired) electrons. The van der Waals surface area contributed by atoms with Crippen molar-refractivity contribution < 1.29 is 14.7 Å². The van der Waals surface area contributed by atoms with Crippen molar-refractivity contribution in [3.05, 3.63) is 0 Å². The van der Waals surface area contributed by atoms with E-state index in [9.17, 15) is 9.59 Å². The Balaban J connectivity index is 3.95. The minimum absolute atomic E-state index is 0.309. The van der Waals surface area contributed by atoms with Gasteiger partial charge in [-0.1, -0.05) is 13.8 Å². The van der Waals surface area contributed by atoms with Gasteiger partial charge in [-0.05, 0) is 5.25 Å². The molecule has 0 saturated carbocycles. The zero-order chi connectivity index (χ0) is 10.4. The van der Waals surface area contributed by atoms with Crippen LogP contribution in [0.15, 0.2) is 0 Å². The molecule has 13 heavy (non-hydrogen) atoms. The Kier molecular flexibility index (Phi) is 5.53. The number of thioether (sulfide) groups is 1. The predicted molar refractivity (Wildman–Crippen MR) is 52.8 cm³/mol. The van der Waals surface area contributed by atoms with Crippen LogP contribution >= 0.6 is 11.8 Å². The van der Waals surface area contributed by atoms with Crippen LogP contribution in [0, 0.1) is 0 Å². The molecule has 0 aromatic heterocycles. The van der Waals surface area contributed by atoms with Crippen molar-refractivity contribution in [2.24, 2.45) is 0 Å². The van der Waals surface area contributed by atoms with Crippen LogP contribution in [-0.2, 0) is 9.59 Å². The van der Waals surface area contributed by atoms with E-state index in [0.29, 0.717) is 11.0 Å². The molecule has 1 unspecified atom stereocenters. The molecule has 0 spiro atoms. The molecular weight excluding hydrogens is 190 g/mol. The predicted octanol–water partition coefficient (Wildman–Crippen LogP) is 0.717. The first-order chi connectivity index (χ1) is 5.93. The number of hydrogen-bond acceptors (Lipinski definition) is 3. The Bertz CT molecular complexity index is 194. The number of rotatable bonds is 5. The fourth-order valence-electron chi connectivity index (χ4n) is 0.709. The van der Waals surface area contributed by atoms with E-state index in [1.807, 2.05) is 13.8 Å². The second-order valence-electron chi connectivity index (χ2n) is 2.97. The molecule has 0 aromatic carbocycles. The topological polar surface area (TPSA) is 66.4 Å². The molecule has 0 aliphatic rings. The fourth-order valence-corrected chi connectivity index (χ4v) is 1.51. The third kappa shape index (κ3) is 6.45. The number of carbonyl (C=O) groups is 2. The van der Waals surface area contributed by atoms with Gasteiger partial charge < -0.3 is 10.4 Å². The molecule has 0 aromatic rings. The van der Waals surface area contributed by atoms with Gasteiger partial charge in [-0.2, -0.15) is 11.8 Å². The van der Waals surface area contributed by atoms with Gasteiger partial charge in [0.15, 0.2) is 0 Å². The van der Waals surface area contributed by atoms with E-state index in [1.54, 1.807) is 0 Å². The van der Waals surface area contributed by atoms with Crippen LogP contribution < -0.4 is 5.32 Å². The number of carboxylic acid groups (broad SMARTS) is 1. The van der Waals surface area contributed by atoms with E-state index in [4.69, 9.17) is 5.11 Å². The molecule has 0 fully saturated rings. The van der Waals surface area contributed by atoms with Gasteiger partial charge in [-0.15, -0.1) is 0 Å². The van der Waals surface area contributed by atoms with Gasteiger partial charge in [0.2, 0.25) is 5.91 Å². The van der Waals surface area contributed by atoms with Crippen LogP contribution in [0.25, 0.3) is 0 Å². The standard InChI is InChI=1S/C8H15NO3S/c1-5(2)13-4-7(8(11)12)9-6(3)10/h5,7H,4H2,1-3H3,(H,9,10)(H,11,12). The lowest BCUT2D eigenvalue weighted by Gasteiger charge is -2.13. The minimum atomic E-state index is -0.983. The zero-order valence-electron chi connectivity index (χ0n) is 8.03. The SMILES string of the molecule is CC(=O)NC(CSC(C)C)C(=O)O. The third-order valence-corrected chi connectivity index (χ3v) is 2.46. The number of carbonyl (C=O) groups excluding carboxylic acids is 1. The number of amides is 1. The van der Waals surface area contributed by atoms with Crippen molar-refractivity contribution in [1.82, 2.24) is 5.32 Å². The first-order valence-electron chi connectivity index (χ1n) is 4.05. The monoisotopic (exact) mass is 205 g/mol. The summed E-state index contributed by atoms with van der Waals surface area (Å²) in [6.07, 6.45) is 0. The molecule has 4 nitrogen and oxygen atoms in total. The Morgan fingerprint density at radius 3 is 2.31 bits per heavy atom. The molecule has 1 amide bonds. The number of nitrogens with one attached hydrogen (secondary N) is 1. The smallest absolute Gasteiger partial charge is 0.327 e. The van der Waals surface area contributed by atoms with Crippen LogP contribution in [0.2, 0.25) is 0 Å². The Labute approximate surface area is 82.1 Å². The highest BCUT2D eigenvalue weighted by Gasteiger charge is 2.18. The van der Waals surface area contributed by atoms with E-state index in [0.717, 1.165) is 0 Å². The summed E-state index contributed by atoms with van der Waals surface area (Å²) in [6.45, 7) is 5.28. The van der Waals surface area contributed by atoms with Crippen LogP contribution in [0.5, 0.6) is 0 Å². The van der Waals surface area contributed by atoms with Gasteiger partial charge in [-0.3, -0.25) is 4.79 Å². The molecule has 1 atom stereocenters. The molecule has 0 aliphatic heterocycles. The summed E-state index contributed by atoms with van der Waals surface area (Å²) in [4.78, 5) is 21.2. The maximum absolute atomic E-state index is 10.6. The average Bonchev–Trinajstić information content (AvgIpc) is 1.96. The van der Waals surface area contributed by atoms with E-state index < -0.39 is 12.0 Å². The van der Waals surface area contributed by atoms with Crippen molar-refractivity contribution in [2.75, 3.05) is 5.75 Å². The summed E-state index contributed by atoms with van der Waals surface area (Å²) >= 11 is 1.51. The maximum atomic E-state index is 10.6. The van der Waals surface area contributed by atoms with Crippen molar-refractivity contribution in [1.29, 1.82) is 0 Å². The number of aliphatic carboxylic acids is 1. The summed E-state index contributed by atoms with van der Waals surface area (Å²) in [7, 11) is 0. The van der Waals surface area contributed by atoms with E-state index in [2.05, 4.69) is 5.32 Å². The lowest BCUT2D eigenvalue weighted by molar-refractivity contribution is -0.140. The molecule has 5 heteroatoms. The molecular formula is C8H15NO3S. The van der Waals surface area contributed by atoms with Gasteiger partial charge in [0.25, 0.3) is 0 Å². The Hall–Kier alpha value is -0.710. The highest BCUT2D eigenvalue weighted by Crippen LogP contribution is 2.10. The molecule has 2 N–H and O–H groups in total. The third-order valence-electron chi connectivity index (χ3n) is 1.27. The first kappa shape index (κ1) is 12.3. The summed E-state index contributed by atoms with van der Waals surface area (Å²) in [6, 6.07) is -0.773. The molecule has 0 rings (SSSR count). The van der Waals surface area contributed by atoms with Gasteiger partial charge in [0.05, 0.1) is 0 Å². The van der Waals surface area contributed by atoms with Crippen molar-refractivity contribution >= 4 is 23.6 Å². The van der Waals surface area contributed by atoms with Gasteiger partial charge in [0.1, 0.15) is 6.04 Å². The summed E-state index contributed by atoms with van der Waals surface area (Å²) in [5, 5.41) is 11.5. The lowest BCUT2D eigenvalue weighted by atomic mass is 10.3. The summed E-state index contributed by atoms with van der Waals surface area (Å²) in [5.74, 6) is -0.882.